The first-order chi connectivity index (χ1) is 10.9. The number of halogens is 3. The summed E-state index contributed by atoms with van der Waals surface area (Å²) < 4.78 is 40.5. The number of rotatable bonds is 3. The van der Waals surface area contributed by atoms with Crippen LogP contribution in [0.1, 0.15) is 18.5 Å². The summed E-state index contributed by atoms with van der Waals surface area (Å²) in [6, 6.07) is 5.43. The zero-order chi connectivity index (χ0) is 16.2. The average molecular weight is 389 g/mol. The number of pyridine rings is 1. The summed E-state index contributed by atoms with van der Waals surface area (Å²) in [6.07, 6.45) is 2.14. The number of hydrogen-bond donors (Lipinski definition) is 2. The third-order valence-corrected chi connectivity index (χ3v) is 6.71. The zero-order valence-corrected chi connectivity index (χ0v) is 14.3. The van der Waals surface area contributed by atoms with Crippen molar-refractivity contribution in [2.45, 2.75) is 30.4 Å². The van der Waals surface area contributed by atoms with E-state index in [0.29, 0.717) is 21.6 Å². The van der Waals surface area contributed by atoms with Crippen LogP contribution >= 0.6 is 0 Å². The molecule has 2 aromatic heterocycles. The van der Waals surface area contributed by atoms with Crippen LogP contribution in [0, 0.1) is 12.8 Å². The van der Waals surface area contributed by atoms with Crippen LogP contribution in [0.15, 0.2) is 18.2 Å². The van der Waals surface area contributed by atoms with E-state index in [1.165, 1.54) is 0 Å². The van der Waals surface area contributed by atoms with Crippen LogP contribution in [0.3, 0.4) is 0 Å². The van der Waals surface area contributed by atoms with Crippen molar-refractivity contribution >= 4 is 30.8 Å². The number of hydrogen-bond acceptors (Lipinski definition) is 3. The molecule has 0 radical (unpaired) electrons. The maximum absolute atomic E-state index is 12.8. The second-order valence-electron chi connectivity index (χ2n) is 6.31. The molecule has 4 rings (SSSR count). The molecule has 1 aliphatic heterocycles. The van der Waals surface area contributed by atoms with E-state index in [4.69, 9.17) is 0 Å². The normalized spacial score (nSPS) is 27.0. The van der Waals surface area contributed by atoms with Gasteiger partial charge in [0, 0.05) is 0 Å². The van der Waals surface area contributed by atoms with Crippen molar-refractivity contribution in [3.63, 3.8) is 0 Å². The molecule has 0 aromatic carbocycles. The van der Waals surface area contributed by atoms with Crippen LogP contribution in [0.5, 0.6) is 0 Å². The predicted molar refractivity (Wildman–Crippen MR) is 83.3 cm³/mol. The van der Waals surface area contributed by atoms with Crippen LogP contribution in [0.4, 0.5) is 19.0 Å². The van der Waals surface area contributed by atoms with Crippen molar-refractivity contribution in [1.82, 2.24) is 14.9 Å². The fourth-order valence-corrected chi connectivity index (χ4v) is 4.94. The number of fused-ring (bicyclic) bond motifs is 2. The van der Waals surface area contributed by atoms with Crippen LogP contribution in [0.2, 0.25) is 0 Å². The quantitative estimate of drug-likeness (QED) is 0.785. The Morgan fingerprint density at radius 3 is 3.00 bits per heavy atom. The summed E-state index contributed by atoms with van der Waals surface area (Å²) in [4.78, 5) is 0. The van der Waals surface area contributed by atoms with Gasteiger partial charge in [-0.15, -0.1) is 0 Å². The molecule has 3 heterocycles. The van der Waals surface area contributed by atoms with Gasteiger partial charge in [0.15, 0.2) is 0 Å². The third-order valence-electron chi connectivity index (χ3n) is 4.74. The van der Waals surface area contributed by atoms with Gasteiger partial charge in [-0.05, 0) is 0 Å². The molecule has 8 heteroatoms. The van der Waals surface area contributed by atoms with E-state index >= 15 is 0 Å². The van der Waals surface area contributed by atoms with Gasteiger partial charge in [0.05, 0.1) is 0 Å². The number of anilines is 1. The Morgan fingerprint density at radius 1 is 1.43 bits per heavy atom. The van der Waals surface area contributed by atoms with E-state index in [9.17, 15) is 13.2 Å². The third kappa shape index (κ3) is 2.73. The molecule has 0 amide bonds. The Labute approximate surface area is 138 Å². The van der Waals surface area contributed by atoms with Crippen molar-refractivity contribution in [1.29, 1.82) is 0 Å². The zero-order valence-electron chi connectivity index (χ0n) is 12.6. The molecule has 0 bridgehead atoms. The van der Waals surface area contributed by atoms with E-state index in [-0.39, 0.29) is 5.54 Å². The minimum absolute atomic E-state index is 0.0920. The molecule has 2 aromatic rings. The predicted octanol–water partition coefficient (Wildman–Crippen LogP) is 1.66. The first kappa shape index (κ1) is 15.3. The van der Waals surface area contributed by atoms with Gasteiger partial charge in [0.25, 0.3) is 0 Å². The van der Waals surface area contributed by atoms with Crippen molar-refractivity contribution < 1.29 is 13.2 Å². The number of aromatic nitrogens is 2. The Hall–Kier alpha value is -1.24. The Morgan fingerprint density at radius 2 is 2.26 bits per heavy atom. The van der Waals surface area contributed by atoms with Crippen molar-refractivity contribution in [2.24, 2.45) is 5.92 Å². The molecule has 124 valence electrons. The summed E-state index contributed by atoms with van der Waals surface area (Å²) in [6.45, 7) is 3.63. The van der Waals surface area contributed by atoms with E-state index < -0.39 is 20.0 Å². The summed E-state index contributed by atoms with van der Waals surface area (Å²) >= 11 is -1.58. The second-order valence-corrected chi connectivity index (χ2v) is 8.56. The topological polar surface area (TPSA) is 41.4 Å². The van der Waals surface area contributed by atoms with Crippen LogP contribution in [-0.2, 0) is 0 Å². The van der Waals surface area contributed by atoms with Gasteiger partial charge in [-0.3, -0.25) is 0 Å². The van der Waals surface area contributed by atoms with Crippen LogP contribution in [0.25, 0.3) is 5.52 Å². The Kier molecular flexibility index (Phi) is 3.41. The van der Waals surface area contributed by atoms with Gasteiger partial charge in [0.2, 0.25) is 0 Å². The van der Waals surface area contributed by atoms with E-state index in [2.05, 4.69) is 15.7 Å². The molecular weight excluding hydrogens is 372 g/mol. The standard InChI is InChI=1S/C15H17F3N4Se/c1-9-13(23-15(16,17)18)11-3-2-4-12(22(11)21-9)20-14-5-6-19-8-10(14)7-14/h2-4,10,19-20H,5-8H2,1H3. The van der Waals surface area contributed by atoms with Crippen molar-refractivity contribution in [3.05, 3.63) is 23.9 Å². The number of nitrogens with zero attached hydrogens (tertiary/aromatic N) is 2. The van der Waals surface area contributed by atoms with E-state index in [1.807, 2.05) is 12.1 Å². The van der Waals surface area contributed by atoms with Crippen molar-refractivity contribution in [2.75, 3.05) is 18.4 Å². The fourth-order valence-electron chi connectivity index (χ4n) is 3.51. The second kappa shape index (κ2) is 5.13. The maximum atomic E-state index is 12.8. The fraction of sp³-hybridized carbons (Fsp3) is 0.533. The summed E-state index contributed by atoms with van der Waals surface area (Å²) in [5.74, 6) is 1.39. The van der Waals surface area contributed by atoms with Crippen molar-refractivity contribution in [3.8, 4) is 0 Å². The van der Waals surface area contributed by atoms with Gasteiger partial charge in [-0.1, -0.05) is 0 Å². The van der Waals surface area contributed by atoms with Gasteiger partial charge in [-0.25, -0.2) is 0 Å². The number of alkyl halides is 3. The van der Waals surface area contributed by atoms with E-state index in [1.54, 1.807) is 17.5 Å². The van der Waals surface area contributed by atoms with Crippen LogP contribution < -0.4 is 15.1 Å². The van der Waals surface area contributed by atoms with Gasteiger partial charge in [-0.2, -0.15) is 0 Å². The molecule has 2 atom stereocenters. The molecule has 1 aliphatic carbocycles. The summed E-state index contributed by atoms with van der Waals surface area (Å²) in [7, 11) is 0. The molecule has 2 fully saturated rings. The minimum atomic E-state index is -4.17. The Bertz CT molecular complexity index is 757. The summed E-state index contributed by atoms with van der Waals surface area (Å²) in [5, 5.41) is 7.14. The first-order valence-corrected chi connectivity index (χ1v) is 9.32. The molecular formula is C15H17F3N4Se. The molecule has 1 saturated heterocycles. The van der Waals surface area contributed by atoms with Gasteiger partial charge in [0.1, 0.15) is 0 Å². The monoisotopic (exact) mass is 390 g/mol. The molecule has 23 heavy (non-hydrogen) atoms. The van der Waals surface area contributed by atoms with Gasteiger partial charge >= 0.3 is 137 Å². The molecule has 1 saturated carbocycles. The summed E-state index contributed by atoms with van der Waals surface area (Å²) in [5.41, 5.74) is 1.12. The molecule has 2 unspecified atom stereocenters. The SMILES string of the molecule is Cc1nn2c(NC34CCNCC3C4)cccc2c1[Se]C(F)(F)F. The number of piperidine rings is 1. The van der Waals surface area contributed by atoms with Gasteiger partial charge < -0.3 is 0 Å². The average Bonchev–Trinajstić information content (AvgIpc) is 3.11. The molecule has 4 nitrogen and oxygen atoms in total. The molecule has 2 N–H and O–H groups in total. The molecule has 2 aliphatic rings. The molecule has 0 spiro atoms. The first-order valence-electron chi connectivity index (χ1n) is 7.61. The number of aryl methyl sites for hydroxylation is 1. The van der Waals surface area contributed by atoms with Crippen LogP contribution in [-0.4, -0.2) is 48.3 Å². The van der Waals surface area contributed by atoms with E-state index in [0.717, 1.165) is 31.7 Å². The Balaban J connectivity index is 1.70. The number of nitrogens with one attached hydrogen (secondary N) is 2.